The highest BCUT2D eigenvalue weighted by Crippen LogP contribution is 2.41. The van der Waals surface area contributed by atoms with Gasteiger partial charge in [0.2, 0.25) is 0 Å². The first-order valence-corrected chi connectivity index (χ1v) is 12.7. The number of carbonyl (C=O) groups excluding carboxylic acids is 1. The largest absolute Gasteiger partial charge is 0.381 e. The molecular weight excluding hydrogens is 442 g/mol. The van der Waals surface area contributed by atoms with Gasteiger partial charge >= 0.3 is 0 Å². The van der Waals surface area contributed by atoms with Gasteiger partial charge in [-0.3, -0.25) is 4.79 Å². The molecule has 0 unspecified atom stereocenters. The van der Waals surface area contributed by atoms with E-state index in [0.717, 1.165) is 67.4 Å². The first-order valence-electron chi connectivity index (χ1n) is 11.9. The Bertz CT molecular complexity index is 1440. The molecule has 0 bridgehead atoms. The highest BCUT2D eigenvalue weighted by molar-refractivity contribution is 7.21. The molecule has 5 heterocycles. The van der Waals surface area contributed by atoms with E-state index in [1.807, 2.05) is 6.92 Å². The minimum Gasteiger partial charge on any atom is -0.381 e. The summed E-state index contributed by atoms with van der Waals surface area (Å²) < 4.78 is 1.09. The van der Waals surface area contributed by atoms with Gasteiger partial charge in [-0.05, 0) is 68.7 Å². The van der Waals surface area contributed by atoms with Crippen molar-refractivity contribution < 1.29 is 4.79 Å². The van der Waals surface area contributed by atoms with E-state index in [9.17, 15) is 4.79 Å². The van der Waals surface area contributed by atoms with Crippen molar-refractivity contribution in [2.24, 2.45) is 0 Å². The molecule has 1 amide bonds. The van der Waals surface area contributed by atoms with Crippen LogP contribution in [0.3, 0.4) is 0 Å². The van der Waals surface area contributed by atoms with Crippen molar-refractivity contribution >= 4 is 55.8 Å². The average Bonchev–Trinajstić information content (AvgIpc) is 3.20. The Balaban J connectivity index is 1.47. The second-order valence-corrected chi connectivity index (χ2v) is 10.2. The minimum atomic E-state index is -0.00888. The molecule has 1 fully saturated rings. The number of pyridine rings is 2. The maximum absolute atomic E-state index is 12.7. The molecule has 1 saturated heterocycles. The van der Waals surface area contributed by atoms with Gasteiger partial charge in [0.05, 0.1) is 22.6 Å². The molecule has 6 rings (SSSR count). The highest BCUT2D eigenvalue weighted by atomic mass is 32.1. The fourth-order valence-electron chi connectivity index (χ4n) is 4.96. The summed E-state index contributed by atoms with van der Waals surface area (Å²) in [6.45, 7) is 8.75. The van der Waals surface area contributed by atoms with Gasteiger partial charge in [-0.15, -0.1) is 11.3 Å². The number of rotatable bonds is 3. The lowest BCUT2D eigenvalue weighted by Crippen LogP contribution is -2.34. The monoisotopic (exact) mass is 469 g/mol. The molecule has 1 atom stereocenters. The van der Waals surface area contributed by atoms with Crippen LogP contribution in [0.2, 0.25) is 0 Å². The summed E-state index contributed by atoms with van der Waals surface area (Å²) in [5.74, 6) is 0.988. The number of nitrogens with one attached hydrogen (secondary N) is 2. The van der Waals surface area contributed by atoms with Gasteiger partial charge in [0, 0.05) is 46.7 Å². The van der Waals surface area contributed by atoms with Crippen LogP contribution in [0, 0.1) is 0 Å². The third-order valence-corrected chi connectivity index (χ3v) is 7.86. The summed E-state index contributed by atoms with van der Waals surface area (Å²) in [5, 5.41) is 8.69. The molecule has 34 heavy (non-hydrogen) atoms. The number of piperidine rings is 1. The Morgan fingerprint density at radius 2 is 1.97 bits per heavy atom. The van der Waals surface area contributed by atoms with Crippen molar-refractivity contribution in [3.8, 4) is 11.3 Å². The summed E-state index contributed by atoms with van der Waals surface area (Å²) in [6.07, 6.45) is 5.50. The van der Waals surface area contributed by atoms with Crippen molar-refractivity contribution in [3.05, 3.63) is 53.5 Å². The number of carbonyl (C=O) groups is 1. The third-order valence-electron chi connectivity index (χ3n) is 6.71. The summed E-state index contributed by atoms with van der Waals surface area (Å²) in [6, 6.07) is 12.6. The molecule has 0 spiro atoms. The molecule has 0 radical (unpaired) electrons. The average molecular weight is 470 g/mol. The molecular formula is C27H27N5OS. The summed E-state index contributed by atoms with van der Waals surface area (Å²) in [7, 11) is 0. The molecule has 172 valence electrons. The van der Waals surface area contributed by atoms with Crippen molar-refractivity contribution in [2.45, 2.75) is 32.2 Å². The molecule has 4 aromatic rings. The molecule has 3 aromatic heterocycles. The highest BCUT2D eigenvalue weighted by Gasteiger charge is 2.25. The normalized spacial score (nSPS) is 18.3. The first kappa shape index (κ1) is 21.1. The molecule has 6 nitrogen and oxygen atoms in total. The summed E-state index contributed by atoms with van der Waals surface area (Å²) >= 11 is 1.53. The Hall–Kier alpha value is -3.45. The van der Waals surface area contributed by atoms with Gasteiger partial charge in [0.15, 0.2) is 0 Å². The SMILES string of the molecule is C=Cc1cc(-c2ccc3c(ccc4sc5c(c43)NC[C@@H](C)NC5=O)n2)cc(N2CCCCC2)n1. The van der Waals surface area contributed by atoms with Crippen molar-refractivity contribution in [3.63, 3.8) is 0 Å². The molecule has 0 aliphatic carbocycles. The maximum Gasteiger partial charge on any atom is 0.263 e. The van der Waals surface area contributed by atoms with Gasteiger partial charge in [-0.1, -0.05) is 6.58 Å². The zero-order valence-electron chi connectivity index (χ0n) is 19.2. The quantitative estimate of drug-likeness (QED) is 0.403. The molecule has 2 aliphatic heterocycles. The standard InChI is InChI=1S/C27H27N5OS/c1-3-18-13-17(14-23(30-18)32-11-5-4-6-12-32)20-8-7-19-21(31-20)9-10-22-24(19)25-26(34-22)27(33)29-16(2)15-28-25/h3,7-10,13-14,16,28H,1,4-6,11-12,15H2,2H3,(H,29,33)/t16-/m1/s1. The molecule has 0 saturated carbocycles. The number of anilines is 2. The molecule has 1 aromatic carbocycles. The van der Waals surface area contributed by atoms with Crippen LogP contribution in [0.1, 0.15) is 41.6 Å². The third kappa shape index (κ3) is 3.60. The van der Waals surface area contributed by atoms with E-state index in [2.05, 4.69) is 58.5 Å². The van der Waals surface area contributed by atoms with E-state index in [1.54, 1.807) is 6.08 Å². The Morgan fingerprint density at radius 1 is 1.12 bits per heavy atom. The molecule has 2 N–H and O–H groups in total. The maximum atomic E-state index is 12.7. The number of fused-ring (bicyclic) bond motifs is 5. The number of nitrogens with zero attached hydrogens (tertiary/aromatic N) is 3. The van der Waals surface area contributed by atoms with E-state index < -0.39 is 0 Å². The topological polar surface area (TPSA) is 70.2 Å². The summed E-state index contributed by atoms with van der Waals surface area (Å²) in [5.41, 5.74) is 4.66. The van der Waals surface area contributed by atoms with E-state index in [-0.39, 0.29) is 11.9 Å². The molecule has 2 aliphatic rings. The van der Waals surface area contributed by atoms with Crippen molar-refractivity contribution in [2.75, 3.05) is 29.9 Å². The van der Waals surface area contributed by atoms with Crippen LogP contribution in [0.5, 0.6) is 0 Å². The van der Waals surface area contributed by atoms with E-state index >= 15 is 0 Å². The number of benzene rings is 1. The van der Waals surface area contributed by atoms with Crippen LogP contribution >= 0.6 is 11.3 Å². The van der Waals surface area contributed by atoms with Gasteiger partial charge in [0.1, 0.15) is 10.7 Å². The van der Waals surface area contributed by atoms with Gasteiger partial charge in [-0.2, -0.15) is 0 Å². The number of amides is 1. The number of aromatic nitrogens is 2. The predicted molar refractivity (Wildman–Crippen MR) is 142 cm³/mol. The van der Waals surface area contributed by atoms with E-state index in [0.29, 0.717) is 6.54 Å². The Morgan fingerprint density at radius 3 is 2.79 bits per heavy atom. The van der Waals surface area contributed by atoms with Crippen LogP contribution in [0.4, 0.5) is 11.5 Å². The summed E-state index contributed by atoms with van der Waals surface area (Å²) in [4.78, 5) is 25.7. The van der Waals surface area contributed by atoms with E-state index in [4.69, 9.17) is 9.97 Å². The number of thiophene rings is 1. The van der Waals surface area contributed by atoms with Crippen LogP contribution < -0.4 is 15.5 Å². The van der Waals surface area contributed by atoms with Gasteiger partial charge < -0.3 is 15.5 Å². The lowest BCUT2D eigenvalue weighted by molar-refractivity contribution is 0.0949. The van der Waals surface area contributed by atoms with E-state index in [1.165, 1.54) is 30.6 Å². The van der Waals surface area contributed by atoms with Crippen LogP contribution in [0.25, 0.3) is 38.3 Å². The Kier molecular flexibility index (Phi) is 5.21. The van der Waals surface area contributed by atoms with Crippen LogP contribution in [-0.4, -0.2) is 41.6 Å². The van der Waals surface area contributed by atoms with Crippen LogP contribution in [0.15, 0.2) is 43.0 Å². The Labute approximate surface area is 202 Å². The lowest BCUT2D eigenvalue weighted by Gasteiger charge is -2.28. The predicted octanol–water partition coefficient (Wildman–Crippen LogP) is 5.69. The number of hydrogen-bond donors (Lipinski definition) is 2. The number of hydrogen-bond acceptors (Lipinski definition) is 6. The fourth-order valence-corrected chi connectivity index (χ4v) is 6.06. The van der Waals surface area contributed by atoms with Gasteiger partial charge in [0.25, 0.3) is 5.91 Å². The lowest BCUT2D eigenvalue weighted by atomic mass is 10.1. The smallest absolute Gasteiger partial charge is 0.263 e. The van der Waals surface area contributed by atoms with Crippen molar-refractivity contribution in [1.82, 2.24) is 15.3 Å². The minimum absolute atomic E-state index is 0.00888. The fraction of sp³-hybridized carbons (Fsp3) is 0.296. The zero-order valence-corrected chi connectivity index (χ0v) is 20.0. The molecule has 7 heteroatoms. The second-order valence-electron chi connectivity index (χ2n) is 9.15. The zero-order chi connectivity index (χ0) is 23.2. The first-order chi connectivity index (χ1) is 16.6. The second kappa shape index (κ2) is 8.40. The van der Waals surface area contributed by atoms with Gasteiger partial charge in [-0.25, -0.2) is 9.97 Å². The van der Waals surface area contributed by atoms with Crippen molar-refractivity contribution in [1.29, 1.82) is 0 Å². The van der Waals surface area contributed by atoms with Crippen LogP contribution in [-0.2, 0) is 0 Å².